The molecule has 0 atom stereocenters. The number of benzene rings is 1. The second-order valence-electron chi connectivity index (χ2n) is 5.91. The molecule has 0 N–H and O–H groups in total. The number of nitrogens with zero attached hydrogens (tertiary/aromatic N) is 3. The summed E-state index contributed by atoms with van der Waals surface area (Å²) in [5.74, 6) is -0.556. The normalized spacial score (nSPS) is 11.0. The Hall–Kier alpha value is -2.67. The molecule has 3 rings (SSSR count). The molecule has 0 saturated heterocycles. The van der Waals surface area contributed by atoms with Crippen LogP contribution < -0.4 is 5.76 Å². The molecular formula is C18H19N3O3S. The highest BCUT2D eigenvalue weighted by Gasteiger charge is 2.20. The zero-order valence-electron chi connectivity index (χ0n) is 14.1. The molecular weight excluding hydrogens is 338 g/mol. The lowest BCUT2D eigenvalue weighted by atomic mass is 10.2. The van der Waals surface area contributed by atoms with Crippen molar-refractivity contribution in [3.63, 3.8) is 0 Å². The van der Waals surface area contributed by atoms with Gasteiger partial charge in [0.2, 0.25) is 5.91 Å². The first-order chi connectivity index (χ1) is 12.0. The van der Waals surface area contributed by atoms with Gasteiger partial charge in [0.15, 0.2) is 0 Å². The van der Waals surface area contributed by atoms with Crippen molar-refractivity contribution >= 4 is 17.2 Å². The minimum absolute atomic E-state index is 0.00655. The van der Waals surface area contributed by atoms with Gasteiger partial charge >= 0.3 is 5.76 Å². The Bertz CT molecular complexity index is 882. The molecule has 7 heteroatoms. The molecule has 0 radical (unpaired) electrons. The van der Waals surface area contributed by atoms with Crippen molar-refractivity contribution in [1.29, 1.82) is 0 Å². The molecule has 0 unspecified atom stereocenters. The van der Waals surface area contributed by atoms with Crippen molar-refractivity contribution in [2.45, 2.75) is 33.0 Å². The van der Waals surface area contributed by atoms with Gasteiger partial charge in [0.05, 0.1) is 4.88 Å². The van der Waals surface area contributed by atoms with Gasteiger partial charge < -0.3 is 9.32 Å². The third kappa shape index (κ3) is 4.06. The standard InChI is InChI=1S/C18H19N3O3S/c1-13(2)20(11-14-7-4-3-5-8-14)16(22)12-21-18(23)24-17(19-21)15-9-6-10-25-15/h3-10,13H,11-12H2,1-2H3. The number of hydrogen-bond acceptors (Lipinski definition) is 5. The maximum atomic E-state index is 12.7. The van der Waals surface area contributed by atoms with Crippen molar-refractivity contribution in [1.82, 2.24) is 14.7 Å². The molecule has 130 valence electrons. The van der Waals surface area contributed by atoms with Gasteiger partial charge in [0, 0.05) is 12.6 Å². The Balaban J connectivity index is 1.76. The van der Waals surface area contributed by atoms with Gasteiger partial charge in [0.1, 0.15) is 6.54 Å². The molecule has 0 bridgehead atoms. The molecule has 0 fully saturated rings. The zero-order valence-corrected chi connectivity index (χ0v) is 14.9. The van der Waals surface area contributed by atoms with E-state index in [1.54, 1.807) is 4.90 Å². The summed E-state index contributed by atoms with van der Waals surface area (Å²) < 4.78 is 6.24. The summed E-state index contributed by atoms with van der Waals surface area (Å²) in [6, 6.07) is 13.4. The molecule has 0 aliphatic rings. The third-order valence-corrected chi connectivity index (χ3v) is 4.62. The quantitative estimate of drug-likeness (QED) is 0.680. The Labute approximate surface area is 149 Å². The van der Waals surface area contributed by atoms with Crippen molar-refractivity contribution in [3.05, 3.63) is 64.0 Å². The number of thiophene rings is 1. The lowest BCUT2D eigenvalue weighted by Gasteiger charge is -2.26. The molecule has 1 amide bonds. The first-order valence-electron chi connectivity index (χ1n) is 8.00. The van der Waals surface area contributed by atoms with Crippen LogP contribution in [0.2, 0.25) is 0 Å². The molecule has 6 nitrogen and oxygen atoms in total. The van der Waals surface area contributed by atoms with Crippen LogP contribution in [0.15, 0.2) is 57.1 Å². The van der Waals surface area contributed by atoms with Gasteiger partial charge in [-0.25, -0.2) is 4.79 Å². The molecule has 0 saturated carbocycles. The van der Waals surface area contributed by atoms with Crippen LogP contribution in [-0.4, -0.2) is 26.6 Å². The van der Waals surface area contributed by atoms with Gasteiger partial charge in [-0.3, -0.25) is 4.79 Å². The molecule has 2 heterocycles. The monoisotopic (exact) mass is 357 g/mol. The first kappa shape index (κ1) is 17.2. The maximum Gasteiger partial charge on any atom is 0.437 e. The Morgan fingerprint density at radius 2 is 2.00 bits per heavy atom. The van der Waals surface area contributed by atoms with E-state index in [-0.39, 0.29) is 24.4 Å². The van der Waals surface area contributed by atoms with E-state index in [9.17, 15) is 9.59 Å². The lowest BCUT2D eigenvalue weighted by molar-refractivity contribution is -0.134. The fourth-order valence-electron chi connectivity index (χ4n) is 2.46. The van der Waals surface area contributed by atoms with Crippen LogP contribution in [0.5, 0.6) is 0 Å². The summed E-state index contributed by atoms with van der Waals surface area (Å²) in [5.41, 5.74) is 1.04. The van der Waals surface area contributed by atoms with Gasteiger partial charge in [-0.1, -0.05) is 36.4 Å². The molecule has 3 aromatic rings. The minimum Gasteiger partial charge on any atom is -0.387 e. The van der Waals surface area contributed by atoms with Crippen LogP contribution in [0.1, 0.15) is 19.4 Å². The predicted molar refractivity (Wildman–Crippen MR) is 96.2 cm³/mol. The van der Waals surface area contributed by atoms with E-state index >= 15 is 0 Å². The van der Waals surface area contributed by atoms with Gasteiger partial charge in [-0.2, -0.15) is 4.68 Å². The average molecular weight is 357 g/mol. The van der Waals surface area contributed by atoms with Crippen LogP contribution in [0.3, 0.4) is 0 Å². The van der Waals surface area contributed by atoms with Crippen LogP contribution >= 0.6 is 11.3 Å². The maximum absolute atomic E-state index is 12.7. The van der Waals surface area contributed by atoms with E-state index in [4.69, 9.17) is 4.42 Å². The summed E-state index contributed by atoms with van der Waals surface area (Å²) >= 11 is 1.43. The van der Waals surface area contributed by atoms with E-state index < -0.39 is 5.76 Å². The highest BCUT2D eigenvalue weighted by atomic mass is 32.1. The van der Waals surface area contributed by atoms with Crippen LogP contribution in [0, 0.1) is 0 Å². The molecule has 0 aliphatic carbocycles. The van der Waals surface area contributed by atoms with E-state index in [1.807, 2.05) is 61.7 Å². The van der Waals surface area contributed by atoms with E-state index in [0.29, 0.717) is 6.54 Å². The van der Waals surface area contributed by atoms with Crippen molar-refractivity contribution < 1.29 is 9.21 Å². The number of carbonyl (C=O) groups excluding carboxylic acids is 1. The first-order valence-corrected chi connectivity index (χ1v) is 8.88. The van der Waals surface area contributed by atoms with E-state index in [2.05, 4.69) is 5.10 Å². The fourth-order valence-corrected chi connectivity index (χ4v) is 3.11. The van der Waals surface area contributed by atoms with Crippen molar-refractivity contribution in [2.75, 3.05) is 0 Å². The van der Waals surface area contributed by atoms with Gasteiger partial charge in [-0.15, -0.1) is 16.4 Å². The van der Waals surface area contributed by atoms with Crippen molar-refractivity contribution in [2.24, 2.45) is 0 Å². The zero-order chi connectivity index (χ0) is 17.8. The average Bonchev–Trinajstić information content (AvgIpc) is 3.23. The topological polar surface area (TPSA) is 68.3 Å². The number of carbonyl (C=O) groups is 1. The minimum atomic E-state index is -0.625. The summed E-state index contributed by atoms with van der Waals surface area (Å²) in [6.45, 7) is 4.24. The van der Waals surface area contributed by atoms with E-state index in [1.165, 1.54) is 11.3 Å². The largest absolute Gasteiger partial charge is 0.437 e. The summed E-state index contributed by atoms with van der Waals surface area (Å²) in [4.78, 5) is 27.2. The lowest BCUT2D eigenvalue weighted by Crippen LogP contribution is -2.40. The highest BCUT2D eigenvalue weighted by molar-refractivity contribution is 7.13. The highest BCUT2D eigenvalue weighted by Crippen LogP contribution is 2.21. The number of hydrogen-bond donors (Lipinski definition) is 0. The Kier molecular flexibility index (Phi) is 5.14. The SMILES string of the molecule is CC(C)N(Cc1ccccc1)C(=O)Cn1nc(-c2cccs2)oc1=O. The van der Waals surface area contributed by atoms with Gasteiger partial charge in [-0.05, 0) is 30.9 Å². The molecule has 1 aromatic carbocycles. The smallest absolute Gasteiger partial charge is 0.387 e. The summed E-state index contributed by atoms with van der Waals surface area (Å²) in [6.07, 6.45) is 0. The summed E-state index contributed by atoms with van der Waals surface area (Å²) in [5, 5.41) is 6.02. The summed E-state index contributed by atoms with van der Waals surface area (Å²) in [7, 11) is 0. The fraction of sp³-hybridized carbons (Fsp3) is 0.278. The molecule has 0 aliphatic heterocycles. The Morgan fingerprint density at radius 3 is 2.64 bits per heavy atom. The molecule has 0 spiro atoms. The number of rotatable bonds is 6. The van der Waals surface area contributed by atoms with Crippen LogP contribution in [0.4, 0.5) is 0 Å². The van der Waals surface area contributed by atoms with Gasteiger partial charge in [0.25, 0.3) is 5.89 Å². The van der Waals surface area contributed by atoms with Crippen LogP contribution in [-0.2, 0) is 17.9 Å². The van der Waals surface area contributed by atoms with E-state index in [0.717, 1.165) is 15.1 Å². The number of aromatic nitrogens is 2. The predicted octanol–water partition coefficient (Wildman–Crippen LogP) is 3.00. The molecule has 25 heavy (non-hydrogen) atoms. The Morgan fingerprint density at radius 1 is 1.24 bits per heavy atom. The second-order valence-corrected chi connectivity index (χ2v) is 6.86. The van der Waals surface area contributed by atoms with Crippen LogP contribution in [0.25, 0.3) is 10.8 Å². The third-order valence-electron chi connectivity index (χ3n) is 3.76. The molecule has 2 aromatic heterocycles. The van der Waals surface area contributed by atoms with Crippen molar-refractivity contribution in [3.8, 4) is 10.8 Å². The number of amides is 1. The second kappa shape index (κ2) is 7.48.